The van der Waals surface area contributed by atoms with Crippen molar-refractivity contribution in [2.75, 3.05) is 6.54 Å². The van der Waals surface area contributed by atoms with Gasteiger partial charge in [0, 0.05) is 6.42 Å². The van der Waals surface area contributed by atoms with E-state index in [1.807, 2.05) is 12.2 Å². The lowest BCUT2D eigenvalue weighted by atomic mass is 10.0. The van der Waals surface area contributed by atoms with Crippen LogP contribution in [0, 0.1) is 0 Å². The largest absolute Gasteiger partial charge is 0.480 e. The van der Waals surface area contributed by atoms with Crippen molar-refractivity contribution in [3.8, 4) is 0 Å². The van der Waals surface area contributed by atoms with Gasteiger partial charge in [-0.1, -0.05) is 164 Å². The average molecular weight is 741 g/mol. The molecule has 0 saturated carbocycles. The number of carbonyl (C=O) groups excluding carboxylic acids is 2. The maximum Gasteiger partial charge on any atom is 0.326 e. The molecule has 7 heteroatoms. The molecular weight excluding hydrogens is 661 g/mol. The number of ether oxygens (including phenoxy) is 1. The van der Waals surface area contributed by atoms with Gasteiger partial charge in [-0.2, -0.15) is 0 Å². The van der Waals surface area contributed by atoms with Crippen molar-refractivity contribution in [2.24, 2.45) is 5.73 Å². The van der Waals surface area contributed by atoms with Crippen molar-refractivity contribution in [2.45, 2.75) is 206 Å². The van der Waals surface area contributed by atoms with Crippen molar-refractivity contribution in [3.05, 3.63) is 60.8 Å². The second kappa shape index (κ2) is 40.3. The number of esters is 1. The first-order chi connectivity index (χ1) is 25.9. The zero-order chi connectivity index (χ0) is 38.9. The van der Waals surface area contributed by atoms with Gasteiger partial charge < -0.3 is 20.9 Å². The fourth-order valence-corrected chi connectivity index (χ4v) is 6.17. The molecule has 0 heterocycles. The molecular formula is C46H80N2O5. The fraction of sp³-hybridized carbons (Fsp3) is 0.717. The Balaban J connectivity index is 4.47. The van der Waals surface area contributed by atoms with Crippen LogP contribution in [0.4, 0.5) is 0 Å². The number of amides is 1. The van der Waals surface area contributed by atoms with Gasteiger partial charge in [-0.15, -0.1) is 0 Å². The summed E-state index contributed by atoms with van der Waals surface area (Å²) >= 11 is 0. The van der Waals surface area contributed by atoms with Gasteiger partial charge in [0.15, 0.2) is 0 Å². The van der Waals surface area contributed by atoms with Crippen LogP contribution in [0.5, 0.6) is 0 Å². The molecule has 0 aliphatic carbocycles. The summed E-state index contributed by atoms with van der Waals surface area (Å²) in [6, 6.07) is -0.864. The monoisotopic (exact) mass is 741 g/mol. The minimum atomic E-state index is -1.01. The lowest BCUT2D eigenvalue weighted by Crippen LogP contribution is -2.40. The molecule has 2 atom stereocenters. The second-order valence-electron chi connectivity index (χ2n) is 14.4. The third-order valence-electron chi connectivity index (χ3n) is 9.38. The minimum Gasteiger partial charge on any atom is -0.480 e. The van der Waals surface area contributed by atoms with Crippen molar-refractivity contribution >= 4 is 17.8 Å². The van der Waals surface area contributed by atoms with E-state index in [1.54, 1.807) is 0 Å². The summed E-state index contributed by atoms with van der Waals surface area (Å²) < 4.78 is 5.98. The first-order valence-corrected chi connectivity index (χ1v) is 21.6. The summed E-state index contributed by atoms with van der Waals surface area (Å²) in [4.78, 5) is 36.3. The van der Waals surface area contributed by atoms with Gasteiger partial charge in [0.25, 0.3) is 0 Å². The Morgan fingerprint density at radius 1 is 0.566 bits per heavy atom. The van der Waals surface area contributed by atoms with Crippen LogP contribution in [0.15, 0.2) is 60.8 Å². The zero-order valence-electron chi connectivity index (χ0n) is 34.1. The van der Waals surface area contributed by atoms with Crippen LogP contribution in [-0.2, 0) is 19.1 Å². The van der Waals surface area contributed by atoms with Crippen LogP contribution < -0.4 is 11.1 Å². The van der Waals surface area contributed by atoms with Gasteiger partial charge >= 0.3 is 11.9 Å². The van der Waals surface area contributed by atoms with E-state index >= 15 is 0 Å². The molecule has 0 rings (SSSR count). The van der Waals surface area contributed by atoms with E-state index in [4.69, 9.17) is 10.5 Å². The maximum atomic E-state index is 12.7. The highest BCUT2D eigenvalue weighted by atomic mass is 16.5. The summed E-state index contributed by atoms with van der Waals surface area (Å²) in [5, 5.41) is 11.9. The van der Waals surface area contributed by atoms with Crippen LogP contribution in [0.1, 0.15) is 194 Å². The Bertz CT molecular complexity index is 1020. The number of nitrogens with one attached hydrogen (secondary N) is 1. The standard InChI is InChI=1S/C46H80N2O5/c1-3-5-7-9-11-13-15-17-18-19-21-23-25-30-34-40-45(50)53-42(36-31-27-24-22-20-16-14-12-10-8-6-4-2)37-32-28-26-29-33-39-44(49)48-43(46(51)52)38-35-41-47/h5,7,11,13,17-18,21,23,30,34,42-43H,3-4,6,8-10,12,14-16,19-20,22,24-29,31-33,35-41,47H2,1-2H3,(H,48,49)(H,51,52)/b7-5-,13-11-,18-17-,23-21-,34-30-. The number of aliphatic carboxylic acids is 1. The van der Waals surface area contributed by atoms with Crippen LogP contribution in [-0.4, -0.2) is 41.6 Å². The number of allylic oxidation sites excluding steroid dienone is 9. The molecule has 0 aromatic carbocycles. The van der Waals surface area contributed by atoms with Gasteiger partial charge in [0.1, 0.15) is 12.1 Å². The number of carbonyl (C=O) groups is 3. The first-order valence-electron chi connectivity index (χ1n) is 21.6. The van der Waals surface area contributed by atoms with Gasteiger partial charge in [-0.05, 0) is 83.6 Å². The quantitative estimate of drug-likeness (QED) is 0.0329. The molecule has 0 aromatic heterocycles. The normalized spacial score (nSPS) is 13.3. The highest BCUT2D eigenvalue weighted by Gasteiger charge is 2.19. The molecule has 0 fully saturated rings. The predicted octanol–water partition coefficient (Wildman–Crippen LogP) is 12.2. The number of carboxylic acids is 1. The SMILES string of the molecule is CC/C=C\C/C=C\C/C=C\C/C=C\C/C=C\CC(=O)OC(CCCCCCCCCCCCCC)CCCCCCCC(=O)NC(CCCN)C(=O)O. The van der Waals surface area contributed by atoms with Crippen LogP contribution in [0.2, 0.25) is 0 Å². The summed E-state index contributed by atoms with van der Waals surface area (Å²) in [7, 11) is 0. The Morgan fingerprint density at radius 2 is 1.00 bits per heavy atom. The third kappa shape index (κ3) is 37.2. The van der Waals surface area contributed by atoms with E-state index in [0.717, 1.165) is 83.5 Å². The Kier molecular flexibility index (Phi) is 38.0. The number of rotatable bonds is 38. The summed E-state index contributed by atoms with van der Waals surface area (Å²) in [5.41, 5.74) is 5.48. The van der Waals surface area contributed by atoms with Crippen molar-refractivity contribution in [3.63, 3.8) is 0 Å². The highest BCUT2D eigenvalue weighted by molar-refractivity contribution is 5.83. The number of hydrogen-bond acceptors (Lipinski definition) is 5. The van der Waals surface area contributed by atoms with Crippen molar-refractivity contribution < 1.29 is 24.2 Å². The van der Waals surface area contributed by atoms with Gasteiger partial charge in [-0.3, -0.25) is 9.59 Å². The van der Waals surface area contributed by atoms with E-state index < -0.39 is 12.0 Å². The van der Waals surface area contributed by atoms with E-state index in [1.165, 1.54) is 70.6 Å². The number of hydrogen-bond donors (Lipinski definition) is 3. The molecule has 0 aliphatic heterocycles. The van der Waals surface area contributed by atoms with Gasteiger partial charge in [0.05, 0.1) is 6.42 Å². The summed E-state index contributed by atoms with van der Waals surface area (Å²) in [6.07, 6.45) is 49.9. The Labute approximate surface area is 325 Å². The van der Waals surface area contributed by atoms with Crippen molar-refractivity contribution in [1.29, 1.82) is 0 Å². The lowest BCUT2D eigenvalue weighted by molar-refractivity contribution is -0.148. The Morgan fingerprint density at radius 3 is 1.45 bits per heavy atom. The topological polar surface area (TPSA) is 119 Å². The predicted molar refractivity (Wildman–Crippen MR) is 225 cm³/mol. The van der Waals surface area contributed by atoms with E-state index in [-0.39, 0.29) is 18.0 Å². The summed E-state index contributed by atoms with van der Waals surface area (Å²) in [5.74, 6) is -1.37. The van der Waals surface area contributed by atoms with Crippen molar-refractivity contribution in [1.82, 2.24) is 5.32 Å². The number of carboxylic acid groups (broad SMARTS) is 1. The highest BCUT2D eigenvalue weighted by Crippen LogP contribution is 2.18. The molecule has 0 saturated heterocycles. The number of nitrogens with two attached hydrogens (primary N) is 1. The molecule has 53 heavy (non-hydrogen) atoms. The maximum absolute atomic E-state index is 12.7. The summed E-state index contributed by atoms with van der Waals surface area (Å²) in [6.45, 7) is 4.82. The molecule has 4 N–H and O–H groups in total. The average Bonchev–Trinajstić information content (AvgIpc) is 3.14. The first kappa shape index (κ1) is 50.1. The van der Waals surface area contributed by atoms with Crippen LogP contribution in [0.3, 0.4) is 0 Å². The molecule has 2 unspecified atom stereocenters. The molecule has 1 amide bonds. The molecule has 7 nitrogen and oxygen atoms in total. The Hall–Kier alpha value is -2.93. The number of unbranched alkanes of at least 4 members (excludes halogenated alkanes) is 15. The molecule has 0 spiro atoms. The second-order valence-corrected chi connectivity index (χ2v) is 14.4. The molecule has 0 aliphatic rings. The van der Waals surface area contributed by atoms with E-state index in [9.17, 15) is 19.5 Å². The zero-order valence-corrected chi connectivity index (χ0v) is 34.1. The smallest absolute Gasteiger partial charge is 0.326 e. The van der Waals surface area contributed by atoms with Gasteiger partial charge in [-0.25, -0.2) is 4.79 Å². The molecule has 0 radical (unpaired) electrons. The minimum absolute atomic E-state index is 0.0411. The van der Waals surface area contributed by atoms with Crippen LogP contribution in [0.25, 0.3) is 0 Å². The van der Waals surface area contributed by atoms with Gasteiger partial charge in [0.2, 0.25) is 5.91 Å². The molecule has 304 valence electrons. The molecule has 0 bridgehead atoms. The van der Waals surface area contributed by atoms with E-state index in [2.05, 4.69) is 67.8 Å². The third-order valence-corrected chi connectivity index (χ3v) is 9.38. The molecule has 0 aromatic rings. The van der Waals surface area contributed by atoms with E-state index in [0.29, 0.717) is 32.2 Å². The van der Waals surface area contributed by atoms with Crippen LogP contribution >= 0.6 is 0 Å². The fourth-order valence-electron chi connectivity index (χ4n) is 6.17. The lowest BCUT2D eigenvalue weighted by Gasteiger charge is -2.18.